The first-order valence-corrected chi connectivity index (χ1v) is 6.31. The Morgan fingerprint density at radius 3 is 2.61 bits per heavy atom. The van der Waals surface area contributed by atoms with E-state index in [2.05, 4.69) is 36.5 Å². The Morgan fingerprint density at radius 1 is 1.44 bits per heavy atom. The van der Waals surface area contributed by atoms with Crippen molar-refractivity contribution in [2.45, 2.75) is 38.5 Å². The van der Waals surface area contributed by atoms with Crippen LogP contribution in [0.5, 0.6) is 0 Å². The molecule has 0 aromatic heterocycles. The summed E-state index contributed by atoms with van der Waals surface area (Å²) in [6.07, 6.45) is 0.937. The molecule has 3 atom stereocenters. The highest BCUT2D eigenvalue weighted by Crippen LogP contribution is 2.25. The molecule has 0 radical (unpaired) electrons. The second-order valence-electron chi connectivity index (χ2n) is 4.70. The minimum Gasteiger partial charge on any atom is -0.480 e. The van der Waals surface area contributed by atoms with Gasteiger partial charge < -0.3 is 9.84 Å². The van der Waals surface area contributed by atoms with Crippen LogP contribution < -0.4 is 5.32 Å². The lowest BCUT2D eigenvalue weighted by Gasteiger charge is -2.34. The fraction of sp³-hybridized carbons (Fsp3) is 0.500. The zero-order valence-electron chi connectivity index (χ0n) is 10.7. The second-order valence-corrected chi connectivity index (χ2v) is 4.70. The molecule has 1 heterocycles. The molecule has 2 N–H and O–H groups in total. The van der Waals surface area contributed by atoms with Crippen LogP contribution in [0.4, 0.5) is 0 Å². The maximum Gasteiger partial charge on any atom is 0.323 e. The third-order valence-corrected chi connectivity index (χ3v) is 3.38. The lowest BCUT2D eigenvalue weighted by Crippen LogP contribution is -2.52. The molecule has 18 heavy (non-hydrogen) atoms. The maximum atomic E-state index is 10.9. The van der Waals surface area contributed by atoms with Gasteiger partial charge in [0.05, 0.1) is 12.7 Å². The molecule has 2 rings (SSSR count). The van der Waals surface area contributed by atoms with Crippen LogP contribution in [0, 0.1) is 0 Å². The van der Waals surface area contributed by atoms with Crippen LogP contribution in [0.1, 0.15) is 31.1 Å². The monoisotopic (exact) mass is 249 g/mol. The van der Waals surface area contributed by atoms with E-state index in [9.17, 15) is 4.79 Å². The summed E-state index contributed by atoms with van der Waals surface area (Å²) in [6.45, 7) is 4.28. The molecule has 1 saturated heterocycles. The molecule has 1 aliphatic rings. The van der Waals surface area contributed by atoms with E-state index in [0.717, 1.165) is 12.0 Å². The predicted octanol–water partition coefficient (Wildman–Crippen LogP) is 1.75. The molecular weight excluding hydrogens is 230 g/mol. The Hall–Kier alpha value is -1.39. The van der Waals surface area contributed by atoms with E-state index in [0.29, 0.717) is 0 Å². The number of hydrogen-bond acceptors (Lipinski definition) is 3. The summed E-state index contributed by atoms with van der Waals surface area (Å²) in [6, 6.07) is 7.69. The largest absolute Gasteiger partial charge is 0.480 e. The molecule has 1 aromatic carbocycles. The zero-order chi connectivity index (χ0) is 13.1. The highest BCUT2D eigenvalue weighted by atomic mass is 16.5. The molecule has 0 aliphatic carbocycles. The van der Waals surface area contributed by atoms with Gasteiger partial charge >= 0.3 is 5.97 Å². The Labute approximate surface area is 107 Å². The fourth-order valence-corrected chi connectivity index (χ4v) is 2.27. The summed E-state index contributed by atoms with van der Waals surface area (Å²) in [4.78, 5) is 10.9. The average Bonchev–Trinajstić information content (AvgIpc) is 2.38. The van der Waals surface area contributed by atoms with Crippen molar-refractivity contribution in [1.29, 1.82) is 0 Å². The van der Waals surface area contributed by atoms with Gasteiger partial charge in [0.1, 0.15) is 6.04 Å². The van der Waals surface area contributed by atoms with Gasteiger partial charge in [-0.25, -0.2) is 0 Å². The number of aryl methyl sites for hydroxylation is 1. The van der Waals surface area contributed by atoms with Crippen molar-refractivity contribution in [1.82, 2.24) is 5.32 Å². The number of nitrogens with one attached hydrogen (secondary N) is 1. The molecule has 1 fully saturated rings. The standard InChI is InChI=1S/C14H19NO3/c1-3-10-4-6-11(7-5-10)13-9(2)15-12(8-18-13)14(16)17/h4-7,9,12-13,15H,3,8H2,1-2H3,(H,16,17). The molecule has 1 aromatic rings. The molecule has 98 valence electrons. The molecule has 4 nitrogen and oxygen atoms in total. The van der Waals surface area contributed by atoms with E-state index in [-0.39, 0.29) is 18.8 Å². The number of carbonyl (C=O) groups is 1. The van der Waals surface area contributed by atoms with Crippen LogP contribution in [0.15, 0.2) is 24.3 Å². The summed E-state index contributed by atoms with van der Waals surface area (Å²) in [5.41, 5.74) is 2.38. The topological polar surface area (TPSA) is 58.6 Å². The van der Waals surface area contributed by atoms with Gasteiger partial charge in [0, 0.05) is 6.04 Å². The van der Waals surface area contributed by atoms with Gasteiger partial charge in [-0.1, -0.05) is 31.2 Å². The van der Waals surface area contributed by atoms with E-state index >= 15 is 0 Å². The molecule has 0 spiro atoms. The van der Waals surface area contributed by atoms with Gasteiger partial charge in [0.25, 0.3) is 0 Å². The summed E-state index contributed by atoms with van der Waals surface area (Å²) in [5.74, 6) is -0.860. The minimum atomic E-state index is -0.860. The van der Waals surface area contributed by atoms with Crippen LogP contribution in [0.3, 0.4) is 0 Å². The molecule has 4 heteroatoms. The number of benzene rings is 1. The highest BCUT2D eigenvalue weighted by Gasteiger charge is 2.32. The Morgan fingerprint density at radius 2 is 2.11 bits per heavy atom. The van der Waals surface area contributed by atoms with E-state index < -0.39 is 12.0 Å². The zero-order valence-corrected chi connectivity index (χ0v) is 10.7. The first-order chi connectivity index (χ1) is 8.61. The molecule has 1 aliphatic heterocycles. The SMILES string of the molecule is CCc1ccc(C2OCC(C(=O)O)NC2C)cc1. The summed E-state index contributed by atoms with van der Waals surface area (Å²) >= 11 is 0. The third kappa shape index (κ3) is 2.71. The lowest BCUT2D eigenvalue weighted by atomic mass is 9.99. The van der Waals surface area contributed by atoms with Crippen molar-refractivity contribution in [3.8, 4) is 0 Å². The maximum absolute atomic E-state index is 10.9. The smallest absolute Gasteiger partial charge is 0.323 e. The van der Waals surface area contributed by atoms with Crippen molar-refractivity contribution in [3.05, 3.63) is 35.4 Å². The normalized spacial score (nSPS) is 28.0. The average molecular weight is 249 g/mol. The number of carboxylic acid groups (broad SMARTS) is 1. The van der Waals surface area contributed by atoms with Gasteiger partial charge in [0.15, 0.2) is 0 Å². The van der Waals surface area contributed by atoms with Crippen LogP contribution in [0.2, 0.25) is 0 Å². The number of rotatable bonds is 3. The first kappa shape index (κ1) is 13.1. The highest BCUT2D eigenvalue weighted by molar-refractivity contribution is 5.73. The fourth-order valence-electron chi connectivity index (χ4n) is 2.27. The second kappa shape index (κ2) is 5.50. The quantitative estimate of drug-likeness (QED) is 0.857. The molecular formula is C14H19NO3. The van der Waals surface area contributed by atoms with Gasteiger partial charge in [-0.3, -0.25) is 10.1 Å². The van der Waals surface area contributed by atoms with Gasteiger partial charge in [-0.2, -0.15) is 0 Å². The summed E-state index contributed by atoms with van der Waals surface area (Å²) in [7, 11) is 0. The van der Waals surface area contributed by atoms with Crippen LogP contribution >= 0.6 is 0 Å². The number of hydrogen-bond donors (Lipinski definition) is 2. The molecule has 0 saturated carbocycles. The van der Waals surface area contributed by atoms with Gasteiger partial charge in [-0.15, -0.1) is 0 Å². The van der Waals surface area contributed by atoms with E-state index in [1.54, 1.807) is 0 Å². The molecule has 0 amide bonds. The summed E-state index contributed by atoms with van der Waals surface area (Å²) in [5, 5.41) is 12.0. The van der Waals surface area contributed by atoms with Crippen LogP contribution in [0.25, 0.3) is 0 Å². The van der Waals surface area contributed by atoms with E-state index in [1.807, 2.05) is 6.92 Å². The summed E-state index contributed by atoms with van der Waals surface area (Å²) < 4.78 is 5.68. The lowest BCUT2D eigenvalue weighted by molar-refractivity contribution is -0.145. The first-order valence-electron chi connectivity index (χ1n) is 6.31. The van der Waals surface area contributed by atoms with Crippen LogP contribution in [-0.4, -0.2) is 29.8 Å². The Kier molecular flexibility index (Phi) is 3.99. The van der Waals surface area contributed by atoms with Crippen LogP contribution in [-0.2, 0) is 16.0 Å². The van der Waals surface area contributed by atoms with Crippen molar-refractivity contribution < 1.29 is 14.6 Å². The minimum absolute atomic E-state index is 0.00711. The molecule has 0 bridgehead atoms. The van der Waals surface area contributed by atoms with Crippen molar-refractivity contribution in [3.63, 3.8) is 0 Å². The Balaban J connectivity index is 2.07. The van der Waals surface area contributed by atoms with Crippen molar-refractivity contribution in [2.75, 3.05) is 6.61 Å². The number of carboxylic acids is 1. The van der Waals surface area contributed by atoms with E-state index in [1.165, 1.54) is 5.56 Å². The van der Waals surface area contributed by atoms with Gasteiger partial charge in [0.2, 0.25) is 0 Å². The van der Waals surface area contributed by atoms with Crippen molar-refractivity contribution in [2.24, 2.45) is 0 Å². The number of aliphatic carboxylic acids is 1. The Bertz CT molecular complexity index is 416. The third-order valence-electron chi connectivity index (χ3n) is 3.38. The number of ether oxygens (including phenoxy) is 1. The number of morpholine rings is 1. The predicted molar refractivity (Wildman–Crippen MR) is 68.5 cm³/mol. The van der Waals surface area contributed by atoms with Gasteiger partial charge in [-0.05, 0) is 24.5 Å². The molecule has 3 unspecified atom stereocenters. The van der Waals surface area contributed by atoms with Crippen molar-refractivity contribution >= 4 is 5.97 Å². The van der Waals surface area contributed by atoms with E-state index in [4.69, 9.17) is 9.84 Å².